The van der Waals surface area contributed by atoms with Gasteiger partial charge < -0.3 is 26.1 Å². The van der Waals surface area contributed by atoms with Gasteiger partial charge in [-0.3, -0.25) is 9.78 Å². The predicted octanol–water partition coefficient (Wildman–Crippen LogP) is 3.87. The number of aromatic nitrogens is 2. The van der Waals surface area contributed by atoms with Crippen LogP contribution >= 0.6 is 33.2 Å². The summed E-state index contributed by atoms with van der Waals surface area (Å²) >= 11 is 11.9. The Morgan fingerprint density at radius 1 is 1.28 bits per heavy atom. The first-order chi connectivity index (χ1) is 15.1. The summed E-state index contributed by atoms with van der Waals surface area (Å²) in [6, 6.07) is 5.25. The molecule has 1 heterocycles. The molecule has 0 bridgehead atoms. The number of aromatic amines is 1. The Balaban J connectivity index is 1.89. The summed E-state index contributed by atoms with van der Waals surface area (Å²) in [6.07, 6.45) is 7.75. The SMILES string of the molecule is C=C(CNc1c(C=N)nc(NCc2ccc(Cl)c(Cl)c2)[nH]c1=O)NCOCCS(C)(C)C. The van der Waals surface area contributed by atoms with Crippen LogP contribution in [0.5, 0.6) is 0 Å². The molecule has 2 rings (SSSR count). The molecule has 0 amide bonds. The van der Waals surface area contributed by atoms with Gasteiger partial charge in [0.05, 0.1) is 23.2 Å². The number of rotatable bonds is 13. The van der Waals surface area contributed by atoms with E-state index in [1.807, 2.05) is 6.07 Å². The minimum Gasteiger partial charge on any atom is -0.373 e. The minimum absolute atomic E-state index is 0.195. The van der Waals surface area contributed by atoms with E-state index in [0.29, 0.717) is 35.6 Å². The number of halogens is 2. The fourth-order valence-electron chi connectivity index (χ4n) is 2.48. The zero-order valence-electron chi connectivity index (χ0n) is 18.5. The third kappa shape index (κ3) is 8.74. The Bertz CT molecular complexity index is 1010. The average molecular weight is 501 g/mol. The fraction of sp³-hybridized carbons (Fsp3) is 0.381. The molecule has 0 spiro atoms. The lowest BCUT2D eigenvalue weighted by molar-refractivity contribution is 0.138. The molecule has 0 aliphatic rings. The summed E-state index contributed by atoms with van der Waals surface area (Å²) in [5.74, 6) is 1.28. The molecule has 32 heavy (non-hydrogen) atoms. The van der Waals surface area contributed by atoms with Crippen LogP contribution in [-0.2, 0) is 11.3 Å². The summed E-state index contributed by atoms with van der Waals surface area (Å²) in [6.45, 7) is 5.62. The van der Waals surface area contributed by atoms with Gasteiger partial charge in [-0.15, -0.1) is 0 Å². The first-order valence-electron chi connectivity index (χ1n) is 9.81. The summed E-state index contributed by atoms with van der Waals surface area (Å²) in [4.78, 5) is 19.5. The predicted molar refractivity (Wildman–Crippen MR) is 138 cm³/mol. The normalized spacial score (nSPS) is 11.7. The van der Waals surface area contributed by atoms with Crippen LogP contribution in [0.2, 0.25) is 10.0 Å². The molecular weight excluding hydrogens is 471 g/mol. The molecule has 0 saturated heterocycles. The molecule has 0 unspecified atom stereocenters. The van der Waals surface area contributed by atoms with Crippen molar-refractivity contribution in [2.75, 3.05) is 55.0 Å². The maximum atomic E-state index is 12.5. The summed E-state index contributed by atoms with van der Waals surface area (Å²) in [5.41, 5.74) is 1.54. The molecule has 0 radical (unpaired) electrons. The van der Waals surface area contributed by atoms with Crippen molar-refractivity contribution in [1.82, 2.24) is 15.3 Å². The third-order valence-electron chi connectivity index (χ3n) is 4.27. The smallest absolute Gasteiger partial charge is 0.276 e. The van der Waals surface area contributed by atoms with Crippen molar-refractivity contribution in [1.29, 1.82) is 5.41 Å². The lowest BCUT2D eigenvalue weighted by Gasteiger charge is -2.24. The molecule has 1 aromatic carbocycles. The highest BCUT2D eigenvalue weighted by atomic mass is 35.5. The Labute approximate surface area is 200 Å². The lowest BCUT2D eigenvalue weighted by atomic mass is 10.2. The maximum absolute atomic E-state index is 12.5. The van der Waals surface area contributed by atoms with Gasteiger partial charge in [0.2, 0.25) is 5.95 Å². The Kier molecular flexibility index (Phi) is 9.89. The van der Waals surface area contributed by atoms with Crippen molar-refractivity contribution in [3.8, 4) is 0 Å². The van der Waals surface area contributed by atoms with Crippen LogP contribution in [0.15, 0.2) is 35.3 Å². The number of anilines is 2. The van der Waals surface area contributed by atoms with Gasteiger partial charge in [-0.1, -0.05) is 35.8 Å². The Morgan fingerprint density at radius 2 is 2.03 bits per heavy atom. The van der Waals surface area contributed by atoms with Crippen molar-refractivity contribution in [2.24, 2.45) is 0 Å². The van der Waals surface area contributed by atoms with E-state index in [-0.39, 0.29) is 23.9 Å². The van der Waals surface area contributed by atoms with Crippen LogP contribution in [0, 0.1) is 5.41 Å². The number of ether oxygens (including phenoxy) is 1. The molecular formula is C21H30Cl2N6O2S. The van der Waals surface area contributed by atoms with E-state index in [9.17, 15) is 4.79 Å². The highest BCUT2D eigenvalue weighted by Crippen LogP contribution is 2.33. The molecule has 0 aliphatic heterocycles. The first-order valence-corrected chi connectivity index (χ1v) is 13.6. The molecule has 11 heteroatoms. The fourth-order valence-corrected chi connectivity index (χ4v) is 3.42. The van der Waals surface area contributed by atoms with Gasteiger partial charge in [-0.2, -0.15) is 0 Å². The lowest BCUT2D eigenvalue weighted by Crippen LogP contribution is -2.26. The average Bonchev–Trinajstić information content (AvgIpc) is 2.72. The minimum atomic E-state index is -0.581. The van der Waals surface area contributed by atoms with Crippen molar-refractivity contribution in [3.05, 3.63) is 62.1 Å². The number of hydrogen-bond acceptors (Lipinski definition) is 7. The van der Waals surface area contributed by atoms with Crippen LogP contribution in [0.3, 0.4) is 0 Å². The van der Waals surface area contributed by atoms with Crippen LogP contribution in [0.25, 0.3) is 0 Å². The first kappa shape index (κ1) is 26.1. The molecule has 8 nitrogen and oxygen atoms in total. The van der Waals surface area contributed by atoms with E-state index in [2.05, 4.69) is 51.3 Å². The van der Waals surface area contributed by atoms with Crippen LogP contribution in [-0.4, -0.2) is 60.6 Å². The Hall–Kier alpha value is -2.20. The van der Waals surface area contributed by atoms with Gasteiger partial charge in [0.25, 0.3) is 5.56 Å². The van der Waals surface area contributed by atoms with Gasteiger partial charge >= 0.3 is 0 Å². The quantitative estimate of drug-likeness (QED) is 0.162. The highest BCUT2D eigenvalue weighted by molar-refractivity contribution is 8.32. The Morgan fingerprint density at radius 3 is 2.69 bits per heavy atom. The molecule has 0 fully saturated rings. The number of nitrogens with one attached hydrogen (secondary N) is 5. The maximum Gasteiger partial charge on any atom is 0.276 e. The van der Waals surface area contributed by atoms with Gasteiger partial charge in [-0.05, 0) is 36.5 Å². The number of H-pyrrole nitrogens is 1. The van der Waals surface area contributed by atoms with Gasteiger partial charge in [-0.25, -0.2) is 15.0 Å². The van der Waals surface area contributed by atoms with Gasteiger partial charge in [0.1, 0.15) is 18.1 Å². The summed E-state index contributed by atoms with van der Waals surface area (Å²) in [5, 5.41) is 17.6. The molecule has 176 valence electrons. The van der Waals surface area contributed by atoms with Crippen molar-refractivity contribution in [3.63, 3.8) is 0 Å². The molecule has 1 aromatic heterocycles. The van der Waals surface area contributed by atoms with E-state index in [0.717, 1.165) is 17.5 Å². The van der Waals surface area contributed by atoms with E-state index in [1.54, 1.807) is 12.1 Å². The van der Waals surface area contributed by atoms with E-state index < -0.39 is 15.6 Å². The van der Waals surface area contributed by atoms with Crippen LogP contribution < -0.4 is 21.5 Å². The van der Waals surface area contributed by atoms with E-state index in [1.165, 1.54) is 0 Å². The van der Waals surface area contributed by atoms with E-state index in [4.69, 9.17) is 33.3 Å². The molecule has 0 saturated carbocycles. The standard InChI is InChI=1S/C21H30Cl2N6O2S/c1-14(27-13-31-7-8-32(2,3)4)11-25-19-18(10-24)28-21(29-20(19)30)26-12-15-5-6-16(22)17(23)9-15/h5-6,9-10,24-25,27H,1,7-8,11-13H2,2-4H3,(H2,26,28,29,30). The monoisotopic (exact) mass is 500 g/mol. The number of nitrogens with zero attached hydrogens (tertiary/aromatic N) is 1. The largest absolute Gasteiger partial charge is 0.373 e. The summed E-state index contributed by atoms with van der Waals surface area (Å²) < 4.78 is 5.57. The van der Waals surface area contributed by atoms with Crippen molar-refractivity contribution >= 4 is 51.1 Å². The second kappa shape index (κ2) is 12.2. The zero-order chi connectivity index (χ0) is 23.7. The topological polar surface area (TPSA) is 115 Å². The van der Waals surface area contributed by atoms with Gasteiger partial charge in [0.15, 0.2) is 0 Å². The molecule has 2 aromatic rings. The molecule has 5 N–H and O–H groups in total. The van der Waals surface area contributed by atoms with Crippen molar-refractivity contribution in [2.45, 2.75) is 6.54 Å². The third-order valence-corrected chi connectivity index (χ3v) is 6.40. The summed E-state index contributed by atoms with van der Waals surface area (Å²) in [7, 11) is -0.581. The number of benzene rings is 1. The molecule has 0 atom stereocenters. The zero-order valence-corrected chi connectivity index (χ0v) is 20.8. The van der Waals surface area contributed by atoms with Gasteiger partial charge in [0, 0.05) is 24.2 Å². The second-order valence-electron chi connectivity index (χ2n) is 7.90. The second-order valence-corrected chi connectivity index (χ2v) is 13.3. The van der Waals surface area contributed by atoms with Crippen LogP contribution in [0.4, 0.5) is 11.6 Å². The van der Waals surface area contributed by atoms with Crippen LogP contribution in [0.1, 0.15) is 11.3 Å². The van der Waals surface area contributed by atoms with Crippen molar-refractivity contribution < 1.29 is 4.74 Å². The highest BCUT2D eigenvalue weighted by Gasteiger charge is 2.11. The number of hydrogen-bond donors (Lipinski definition) is 5. The molecule has 0 aliphatic carbocycles. The van der Waals surface area contributed by atoms with E-state index >= 15 is 0 Å².